The van der Waals surface area contributed by atoms with Gasteiger partial charge in [-0.2, -0.15) is 5.10 Å². The van der Waals surface area contributed by atoms with Crippen LogP contribution in [0.25, 0.3) is 16.9 Å². The number of para-hydroxylation sites is 1. The van der Waals surface area contributed by atoms with E-state index in [0.29, 0.717) is 5.69 Å². The van der Waals surface area contributed by atoms with Gasteiger partial charge in [0.1, 0.15) is 5.75 Å². The summed E-state index contributed by atoms with van der Waals surface area (Å²) in [6.07, 6.45) is 5.70. The van der Waals surface area contributed by atoms with Gasteiger partial charge < -0.3 is 9.64 Å². The third kappa shape index (κ3) is 3.01. The van der Waals surface area contributed by atoms with Gasteiger partial charge in [-0.3, -0.25) is 4.79 Å². The first-order valence-electron chi connectivity index (χ1n) is 10.3. The van der Waals surface area contributed by atoms with Crippen molar-refractivity contribution in [3.8, 4) is 22.7 Å². The van der Waals surface area contributed by atoms with E-state index in [1.807, 2.05) is 65.3 Å². The van der Waals surface area contributed by atoms with E-state index in [0.717, 1.165) is 54.9 Å². The fourth-order valence-electron chi connectivity index (χ4n) is 4.72. The molecule has 2 heterocycles. The predicted molar refractivity (Wildman–Crippen MR) is 112 cm³/mol. The van der Waals surface area contributed by atoms with Crippen molar-refractivity contribution in [1.29, 1.82) is 0 Å². The van der Waals surface area contributed by atoms with E-state index in [1.54, 1.807) is 7.11 Å². The van der Waals surface area contributed by atoms with Crippen molar-refractivity contribution < 1.29 is 9.53 Å². The second kappa shape index (κ2) is 7.07. The van der Waals surface area contributed by atoms with E-state index in [2.05, 4.69) is 4.90 Å². The van der Waals surface area contributed by atoms with Crippen LogP contribution in [-0.4, -0.2) is 39.8 Å². The van der Waals surface area contributed by atoms with E-state index < -0.39 is 0 Å². The average molecular weight is 387 g/mol. The minimum absolute atomic E-state index is 0.0617. The first-order chi connectivity index (χ1) is 14.2. The highest BCUT2D eigenvalue weighted by atomic mass is 16.5. The molecule has 0 N–H and O–H groups in total. The zero-order valence-electron chi connectivity index (χ0n) is 16.7. The summed E-state index contributed by atoms with van der Waals surface area (Å²) in [6, 6.07) is 19.8. The van der Waals surface area contributed by atoms with E-state index in [4.69, 9.17) is 9.84 Å². The minimum Gasteiger partial charge on any atom is -0.497 e. The van der Waals surface area contributed by atoms with Gasteiger partial charge >= 0.3 is 0 Å². The number of hydrogen-bond acceptors (Lipinski definition) is 3. The number of nitrogens with zero attached hydrogens (tertiary/aromatic N) is 3. The SMILES string of the molecule is COc1ccc(-c2cc(C(=O)N3CCCC34CCC4)nn2-c2ccccc2)cc1. The van der Waals surface area contributed by atoms with Crippen LogP contribution < -0.4 is 4.74 Å². The highest BCUT2D eigenvalue weighted by Gasteiger charge is 2.48. The summed E-state index contributed by atoms with van der Waals surface area (Å²) < 4.78 is 7.16. The van der Waals surface area contributed by atoms with E-state index in [9.17, 15) is 4.79 Å². The summed E-state index contributed by atoms with van der Waals surface area (Å²) >= 11 is 0. The van der Waals surface area contributed by atoms with Crippen LogP contribution in [0.4, 0.5) is 0 Å². The van der Waals surface area contributed by atoms with Gasteiger partial charge in [-0.1, -0.05) is 18.2 Å². The quantitative estimate of drug-likeness (QED) is 0.652. The zero-order chi connectivity index (χ0) is 19.8. The standard InChI is InChI=1S/C24H25N3O2/c1-29-20-11-9-18(10-12-20)22-17-21(25-27(22)19-7-3-2-4-8-19)23(28)26-16-6-15-24(26)13-5-14-24/h2-4,7-12,17H,5-6,13-16H2,1H3. The van der Waals surface area contributed by atoms with Crippen molar-refractivity contribution in [2.75, 3.05) is 13.7 Å². The second-order valence-electron chi connectivity index (χ2n) is 8.03. The number of rotatable bonds is 4. The van der Waals surface area contributed by atoms with Crippen molar-refractivity contribution in [2.24, 2.45) is 0 Å². The zero-order valence-corrected chi connectivity index (χ0v) is 16.7. The first kappa shape index (κ1) is 18.0. The van der Waals surface area contributed by atoms with Gasteiger partial charge in [-0.15, -0.1) is 0 Å². The molecule has 1 saturated carbocycles. The topological polar surface area (TPSA) is 47.4 Å². The van der Waals surface area contributed by atoms with Gasteiger partial charge in [-0.05, 0) is 74.6 Å². The molecule has 1 spiro atoms. The average Bonchev–Trinajstić information content (AvgIpc) is 3.39. The summed E-state index contributed by atoms with van der Waals surface area (Å²) in [5, 5.41) is 4.76. The number of methoxy groups -OCH3 is 1. The van der Waals surface area contributed by atoms with Gasteiger partial charge in [0.15, 0.2) is 5.69 Å². The molecule has 1 aliphatic carbocycles. The highest BCUT2D eigenvalue weighted by Crippen LogP contribution is 2.46. The number of carbonyl (C=O) groups excluding carboxylic acids is 1. The monoisotopic (exact) mass is 387 g/mol. The summed E-state index contributed by atoms with van der Waals surface area (Å²) in [6.45, 7) is 0.842. The van der Waals surface area contributed by atoms with Crippen LogP contribution in [0.2, 0.25) is 0 Å². The van der Waals surface area contributed by atoms with Crippen molar-refractivity contribution in [2.45, 2.75) is 37.6 Å². The maximum Gasteiger partial charge on any atom is 0.274 e. The smallest absolute Gasteiger partial charge is 0.274 e. The minimum atomic E-state index is 0.0617. The third-order valence-corrected chi connectivity index (χ3v) is 6.44. The summed E-state index contributed by atoms with van der Waals surface area (Å²) in [4.78, 5) is 15.5. The Morgan fingerprint density at radius 2 is 1.72 bits per heavy atom. The van der Waals surface area contributed by atoms with Gasteiger partial charge in [0.05, 0.1) is 18.5 Å². The molecule has 1 amide bonds. The second-order valence-corrected chi connectivity index (χ2v) is 8.03. The molecule has 2 fully saturated rings. The van der Waals surface area contributed by atoms with Crippen molar-refractivity contribution >= 4 is 5.91 Å². The molecule has 0 bridgehead atoms. The van der Waals surface area contributed by atoms with Crippen molar-refractivity contribution in [1.82, 2.24) is 14.7 Å². The molecule has 1 saturated heterocycles. The molecule has 3 aromatic rings. The van der Waals surface area contributed by atoms with Gasteiger partial charge in [-0.25, -0.2) is 4.68 Å². The molecule has 29 heavy (non-hydrogen) atoms. The summed E-state index contributed by atoms with van der Waals surface area (Å²) in [5.41, 5.74) is 3.46. The molecule has 2 aromatic carbocycles. The molecule has 2 aliphatic rings. The maximum atomic E-state index is 13.4. The van der Waals surface area contributed by atoms with Crippen LogP contribution in [0.15, 0.2) is 60.7 Å². The number of hydrogen-bond donors (Lipinski definition) is 0. The van der Waals surface area contributed by atoms with Crippen LogP contribution in [0.3, 0.4) is 0 Å². The van der Waals surface area contributed by atoms with Crippen LogP contribution in [0, 0.1) is 0 Å². The Hall–Kier alpha value is -3.08. The number of benzene rings is 2. The Kier molecular flexibility index (Phi) is 4.38. The Balaban J connectivity index is 1.56. The number of carbonyl (C=O) groups is 1. The molecule has 5 rings (SSSR count). The lowest BCUT2D eigenvalue weighted by Gasteiger charge is -2.45. The fraction of sp³-hybridized carbons (Fsp3) is 0.333. The predicted octanol–water partition coefficient (Wildman–Crippen LogP) is 4.71. The summed E-state index contributed by atoms with van der Waals surface area (Å²) in [5.74, 6) is 0.867. The molecule has 148 valence electrons. The Bertz CT molecular complexity index is 1020. The van der Waals surface area contributed by atoms with Crippen LogP contribution >= 0.6 is 0 Å². The molecular formula is C24H25N3O2. The third-order valence-electron chi connectivity index (χ3n) is 6.44. The van der Waals surface area contributed by atoms with Gasteiger partial charge in [0.25, 0.3) is 5.91 Å². The van der Waals surface area contributed by atoms with Crippen LogP contribution in [-0.2, 0) is 0 Å². The largest absolute Gasteiger partial charge is 0.497 e. The number of ether oxygens (including phenoxy) is 1. The van der Waals surface area contributed by atoms with E-state index >= 15 is 0 Å². The van der Waals surface area contributed by atoms with Crippen molar-refractivity contribution in [3.63, 3.8) is 0 Å². The Labute approximate surface area is 170 Å². The number of likely N-dealkylation sites (tertiary alicyclic amines) is 1. The molecule has 0 radical (unpaired) electrons. The van der Waals surface area contributed by atoms with Gasteiger partial charge in [0.2, 0.25) is 0 Å². The van der Waals surface area contributed by atoms with E-state index in [1.165, 1.54) is 6.42 Å². The number of amides is 1. The Morgan fingerprint density at radius 1 is 1.00 bits per heavy atom. The van der Waals surface area contributed by atoms with E-state index in [-0.39, 0.29) is 11.4 Å². The number of aromatic nitrogens is 2. The molecular weight excluding hydrogens is 362 g/mol. The lowest BCUT2D eigenvalue weighted by Crippen LogP contribution is -2.52. The normalized spacial score (nSPS) is 17.3. The van der Waals surface area contributed by atoms with Crippen molar-refractivity contribution in [3.05, 3.63) is 66.4 Å². The maximum absolute atomic E-state index is 13.4. The van der Waals surface area contributed by atoms with Crippen LogP contribution in [0.5, 0.6) is 5.75 Å². The van der Waals surface area contributed by atoms with Crippen LogP contribution in [0.1, 0.15) is 42.6 Å². The molecule has 1 aliphatic heterocycles. The lowest BCUT2D eigenvalue weighted by molar-refractivity contribution is 0.0361. The molecule has 5 heteroatoms. The lowest BCUT2D eigenvalue weighted by atomic mass is 9.75. The molecule has 1 aromatic heterocycles. The molecule has 0 atom stereocenters. The molecule has 0 unspecified atom stereocenters. The van der Waals surface area contributed by atoms with Gasteiger partial charge in [0, 0.05) is 17.6 Å². The molecule has 5 nitrogen and oxygen atoms in total. The Morgan fingerprint density at radius 3 is 2.38 bits per heavy atom. The highest BCUT2D eigenvalue weighted by molar-refractivity contribution is 5.94. The first-order valence-corrected chi connectivity index (χ1v) is 10.3. The fourth-order valence-corrected chi connectivity index (χ4v) is 4.72. The summed E-state index contributed by atoms with van der Waals surface area (Å²) in [7, 11) is 1.66.